The van der Waals surface area contributed by atoms with Crippen LogP contribution in [-0.4, -0.2) is 33.1 Å². The predicted molar refractivity (Wildman–Crippen MR) is 122 cm³/mol. The number of carbonyl (C=O) groups is 1. The van der Waals surface area contributed by atoms with Gasteiger partial charge in [0, 0.05) is 25.3 Å². The van der Waals surface area contributed by atoms with Crippen LogP contribution in [0.2, 0.25) is 0 Å². The SMILES string of the molecule is CCn1c(=O)c2sc(N3CCCC3)nc2n(CC(=O)Nc2ccc3c(c2)CCC3)c1=O. The Bertz CT molecular complexity index is 1280. The average molecular weight is 440 g/mol. The van der Waals surface area contributed by atoms with Crippen LogP contribution in [0.1, 0.15) is 37.3 Å². The molecule has 9 heteroatoms. The number of hydrogen-bond donors (Lipinski definition) is 1. The lowest BCUT2D eigenvalue weighted by Crippen LogP contribution is -2.41. The second-order valence-corrected chi connectivity index (χ2v) is 9.12. The van der Waals surface area contributed by atoms with Gasteiger partial charge < -0.3 is 10.2 Å². The molecule has 0 unspecified atom stereocenters. The van der Waals surface area contributed by atoms with E-state index in [1.165, 1.54) is 31.6 Å². The molecule has 31 heavy (non-hydrogen) atoms. The molecule has 162 valence electrons. The minimum absolute atomic E-state index is 0.185. The van der Waals surface area contributed by atoms with Crippen LogP contribution in [0.25, 0.3) is 10.3 Å². The molecule has 0 saturated carbocycles. The van der Waals surface area contributed by atoms with Crippen LogP contribution in [0.4, 0.5) is 10.8 Å². The number of aryl methyl sites for hydroxylation is 2. The first-order valence-electron chi connectivity index (χ1n) is 10.9. The Morgan fingerprint density at radius 2 is 1.87 bits per heavy atom. The van der Waals surface area contributed by atoms with Crippen LogP contribution >= 0.6 is 11.3 Å². The zero-order chi connectivity index (χ0) is 21.5. The number of rotatable bonds is 5. The molecule has 2 aromatic heterocycles. The van der Waals surface area contributed by atoms with Gasteiger partial charge in [-0.1, -0.05) is 17.4 Å². The maximum atomic E-state index is 13.0. The Balaban J connectivity index is 1.49. The molecule has 1 aromatic carbocycles. The average Bonchev–Trinajstić information content (AvgIpc) is 3.51. The van der Waals surface area contributed by atoms with Gasteiger partial charge in [0.05, 0.1) is 0 Å². The number of carbonyl (C=O) groups excluding carboxylic acids is 1. The number of nitrogens with one attached hydrogen (secondary N) is 1. The fourth-order valence-electron chi connectivity index (χ4n) is 4.53. The summed E-state index contributed by atoms with van der Waals surface area (Å²) < 4.78 is 2.93. The van der Waals surface area contributed by atoms with Crippen molar-refractivity contribution in [2.75, 3.05) is 23.3 Å². The van der Waals surface area contributed by atoms with Gasteiger partial charge in [0.25, 0.3) is 5.56 Å². The number of aromatic nitrogens is 3. The van der Waals surface area contributed by atoms with E-state index < -0.39 is 5.69 Å². The minimum Gasteiger partial charge on any atom is -0.348 e. The van der Waals surface area contributed by atoms with Crippen LogP contribution in [0.15, 0.2) is 27.8 Å². The fourth-order valence-corrected chi connectivity index (χ4v) is 5.60. The van der Waals surface area contributed by atoms with E-state index >= 15 is 0 Å². The van der Waals surface area contributed by atoms with E-state index in [0.29, 0.717) is 10.3 Å². The van der Waals surface area contributed by atoms with Crippen molar-refractivity contribution in [3.05, 3.63) is 50.2 Å². The van der Waals surface area contributed by atoms with Gasteiger partial charge >= 0.3 is 5.69 Å². The molecular weight excluding hydrogens is 414 g/mol. The van der Waals surface area contributed by atoms with Crippen molar-refractivity contribution < 1.29 is 4.79 Å². The number of benzene rings is 1. The van der Waals surface area contributed by atoms with Gasteiger partial charge in [-0.05, 0) is 62.3 Å². The maximum Gasteiger partial charge on any atom is 0.333 e. The summed E-state index contributed by atoms with van der Waals surface area (Å²) in [6.07, 6.45) is 5.43. The van der Waals surface area contributed by atoms with Crippen molar-refractivity contribution in [3.63, 3.8) is 0 Å². The van der Waals surface area contributed by atoms with E-state index in [1.54, 1.807) is 6.92 Å². The summed E-state index contributed by atoms with van der Waals surface area (Å²) in [6, 6.07) is 5.98. The highest BCUT2D eigenvalue weighted by Gasteiger charge is 2.23. The second kappa shape index (κ2) is 7.96. The molecule has 1 N–H and O–H groups in total. The molecule has 5 rings (SSSR count). The first-order chi connectivity index (χ1) is 15.0. The van der Waals surface area contributed by atoms with E-state index in [0.717, 1.165) is 56.0 Å². The highest BCUT2D eigenvalue weighted by molar-refractivity contribution is 7.22. The lowest BCUT2D eigenvalue weighted by Gasteiger charge is -2.12. The van der Waals surface area contributed by atoms with Gasteiger partial charge in [0.2, 0.25) is 5.91 Å². The van der Waals surface area contributed by atoms with Gasteiger partial charge in [-0.25, -0.2) is 9.78 Å². The van der Waals surface area contributed by atoms with E-state index in [9.17, 15) is 14.4 Å². The third kappa shape index (κ3) is 3.56. The molecule has 3 aromatic rings. The quantitative estimate of drug-likeness (QED) is 0.659. The minimum atomic E-state index is -0.498. The number of hydrogen-bond acceptors (Lipinski definition) is 6. The van der Waals surface area contributed by atoms with Crippen molar-refractivity contribution in [1.29, 1.82) is 0 Å². The van der Waals surface area contributed by atoms with E-state index in [2.05, 4.69) is 21.3 Å². The molecule has 0 atom stereocenters. The normalized spacial score (nSPS) is 15.6. The Hall–Kier alpha value is -2.94. The van der Waals surface area contributed by atoms with E-state index in [-0.39, 0.29) is 24.6 Å². The Labute approximate surface area is 183 Å². The lowest BCUT2D eigenvalue weighted by atomic mass is 10.1. The summed E-state index contributed by atoms with van der Waals surface area (Å²) in [4.78, 5) is 45.4. The van der Waals surface area contributed by atoms with Gasteiger partial charge in [-0.2, -0.15) is 0 Å². The topological polar surface area (TPSA) is 89.2 Å². The third-order valence-electron chi connectivity index (χ3n) is 6.13. The molecule has 0 bridgehead atoms. The van der Waals surface area contributed by atoms with Crippen LogP contribution in [0.3, 0.4) is 0 Å². The lowest BCUT2D eigenvalue weighted by molar-refractivity contribution is -0.116. The molecule has 1 aliphatic heterocycles. The van der Waals surface area contributed by atoms with Crippen LogP contribution in [0.5, 0.6) is 0 Å². The zero-order valence-corrected chi connectivity index (χ0v) is 18.3. The molecule has 1 saturated heterocycles. The standard InChI is InChI=1S/C22H25N5O3S/c1-2-26-20(29)18-19(24-21(31-18)25-10-3-4-11-25)27(22(26)30)13-17(28)23-16-9-8-14-6-5-7-15(14)12-16/h8-9,12H,2-7,10-11,13H2,1H3,(H,23,28). The number of anilines is 2. The third-order valence-corrected chi connectivity index (χ3v) is 7.23. The fraction of sp³-hybridized carbons (Fsp3) is 0.455. The Morgan fingerprint density at radius 1 is 1.10 bits per heavy atom. The highest BCUT2D eigenvalue weighted by Crippen LogP contribution is 2.29. The zero-order valence-electron chi connectivity index (χ0n) is 17.5. The summed E-state index contributed by atoms with van der Waals surface area (Å²) in [5.74, 6) is -0.307. The van der Waals surface area contributed by atoms with Gasteiger partial charge in [-0.3, -0.25) is 18.7 Å². The van der Waals surface area contributed by atoms with Crippen molar-refractivity contribution in [2.45, 2.75) is 52.1 Å². The summed E-state index contributed by atoms with van der Waals surface area (Å²) in [5.41, 5.74) is 2.81. The first-order valence-corrected chi connectivity index (χ1v) is 11.7. The van der Waals surface area contributed by atoms with E-state index in [4.69, 9.17) is 0 Å². The summed E-state index contributed by atoms with van der Waals surface area (Å²) >= 11 is 1.31. The summed E-state index contributed by atoms with van der Waals surface area (Å²) in [7, 11) is 0. The molecular formula is C22H25N5O3S. The molecule has 0 spiro atoms. The monoisotopic (exact) mass is 439 g/mol. The second-order valence-electron chi connectivity index (χ2n) is 8.15. The molecule has 2 aliphatic rings. The van der Waals surface area contributed by atoms with Crippen molar-refractivity contribution in [1.82, 2.24) is 14.1 Å². The largest absolute Gasteiger partial charge is 0.348 e. The molecule has 1 amide bonds. The Kier molecular flexibility index (Phi) is 5.13. The van der Waals surface area contributed by atoms with Gasteiger partial charge in [0.1, 0.15) is 11.2 Å². The van der Waals surface area contributed by atoms with Crippen molar-refractivity contribution in [2.24, 2.45) is 0 Å². The smallest absolute Gasteiger partial charge is 0.333 e. The number of nitrogens with zero attached hydrogens (tertiary/aromatic N) is 4. The number of amides is 1. The van der Waals surface area contributed by atoms with Crippen LogP contribution in [0, 0.1) is 0 Å². The molecule has 0 radical (unpaired) electrons. The van der Waals surface area contributed by atoms with Crippen LogP contribution in [-0.2, 0) is 30.7 Å². The number of thiazole rings is 1. The maximum absolute atomic E-state index is 13.0. The van der Waals surface area contributed by atoms with Gasteiger partial charge in [0.15, 0.2) is 10.8 Å². The molecule has 1 fully saturated rings. The van der Waals surface area contributed by atoms with Crippen LogP contribution < -0.4 is 21.5 Å². The molecule has 3 heterocycles. The molecule has 1 aliphatic carbocycles. The summed E-state index contributed by atoms with van der Waals surface area (Å²) in [6.45, 7) is 3.61. The predicted octanol–water partition coefficient (Wildman–Crippen LogP) is 2.37. The highest BCUT2D eigenvalue weighted by atomic mass is 32.1. The summed E-state index contributed by atoms with van der Waals surface area (Å²) in [5, 5.41) is 3.65. The molecule has 8 nitrogen and oxygen atoms in total. The van der Waals surface area contributed by atoms with Crippen molar-refractivity contribution in [3.8, 4) is 0 Å². The number of fused-ring (bicyclic) bond motifs is 2. The van der Waals surface area contributed by atoms with E-state index in [1.807, 2.05) is 12.1 Å². The first kappa shape index (κ1) is 20.0. The van der Waals surface area contributed by atoms with Crippen molar-refractivity contribution >= 4 is 38.4 Å². The Morgan fingerprint density at radius 3 is 2.65 bits per heavy atom. The van der Waals surface area contributed by atoms with Gasteiger partial charge in [-0.15, -0.1) is 0 Å².